The molecular weight excluding hydrogens is 192 g/mol. The summed E-state index contributed by atoms with van der Waals surface area (Å²) in [6.07, 6.45) is 2.60. The van der Waals surface area contributed by atoms with Crippen LogP contribution in [0, 0.1) is 0 Å². The van der Waals surface area contributed by atoms with E-state index >= 15 is 0 Å². The predicted octanol–water partition coefficient (Wildman–Crippen LogP) is 0.951. The molecular formula is C11H18N2O2. The number of nitrogens with one attached hydrogen (secondary N) is 1. The number of rotatable bonds is 6. The third kappa shape index (κ3) is 3.49. The van der Waals surface area contributed by atoms with Crippen molar-refractivity contribution in [2.45, 2.75) is 25.9 Å². The maximum absolute atomic E-state index is 9.02. The lowest BCUT2D eigenvalue weighted by atomic mass is 10.2. The predicted molar refractivity (Wildman–Crippen MR) is 58.8 cm³/mol. The van der Waals surface area contributed by atoms with E-state index in [9.17, 15) is 0 Å². The lowest BCUT2D eigenvalue weighted by Crippen LogP contribution is -2.31. The topological polar surface area (TPSA) is 54.4 Å². The van der Waals surface area contributed by atoms with Crippen molar-refractivity contribution in [1.29, 1.82) is 0 Å². The summed E-state index contributed by atoms with van der Waals surface area (Å²) < 4.78 is 5.13. The first-order valence-corrected chi connectivity index (χ1v) is 5.14. The summed E-state index contributed by atoms with van der Waals surface area (Å²) in [7, 11) is 1.61. The highest BCUT2D eigenvalue weighted by Gasteiger charge is 2.06. The van der Waals surface area contributed by atoms with E-state index in [1.54, 1.807) is 13.3 Å². The lowest BCUT2D eigenvalue weighted by molar-refractivity contribution is 0.237. The van der Waals surface area contributed by atoms with E-state index in [4.69, 9.17) is 9.84 Å². The normalized spacial score (nSPS) is 12.5. The Labute approximate surface area is 90.3 Å². The molecule has 0 amide bonds. The molecule has 0 aliphatic heterocycles. The van der Waals surface area contributed by atoms with Crippen LogP contribution in [-0.4, -0.2) is 29.8 Å². The SMILES string of the molecule is CCC(CO)NCc1cccnc1OC. The first kappa shape index (κ1) is 11.9. The van der Waals surface area contributed by atoms with Gasteiger partial charge in [0.2, 0.25) is 5.88 Å². The highest BCUT2D eigenvalue weighted by atomic mass is 16.5. The van der Waals surface area contributed by atoms with Crippen LogP contribution in [0.15, 0.2) is 18.3 Å². The molecule has 1 aromatic rings. The van der Waals surface area contributed by atoms with Gasteiger partial charge in [0.15, 0.2) is 0 Å². The zero-order chi connectivity index (χ0) is 11.1. The summed E-state index contributed by atoms with van der Waals surface area (Å²) in [5.41, 5.74) is 1.01. The second-order valence-corrected chi connectivity index (χ2v) is 3.34. The van der Waals surface area contributed by atoms with Crippen molar-refractivity contribution in [2.75, 3.05) is 13.7 Å². The molecule has 1 rings (SSSR count). The number of aliphatic hydroxyl groups is 1. The summed E-state index contributed by atoms with van der Waals surface area (Å²) in [6, 6.07) is 3.97. The molecule has 84 valence electrons. The first-order valence-electron chi connectivity index (χ1n) is 5.14. The molecule has 1 heterocycles. The van der Waals surface area contributed by atoms with E-state index in [1.165, 1.54) is 0 Å². The fraction of sp³-hybridized carbons (Fsp3) is 0.545. The molecule has 0 fully saturated rings. The van der Waals surface area contributed by atoms with Gasteiger partial charge < -0.3 is 15.2 Å². The minimum Gasteiger partial charge on any atom is -0.481 e. The smallest absolute Gasteiger partial charge is 0.217 e. The van der Waals surface area contributed by atoms with Gasteiger partial charge in [-0.2, -0.15) is 0 Å². The van der Waals surface area contributed by atoms with Gasteiger partial charge in [0.1, 0.15) is 0 Å². The molecule has 15 heavy (non-hydrogen) atoms. The molecule has 0 aromatic carbocycles. The van der Waals surface area contributed by atoms with Crippen LogP contribution in [0.3, 0.4) is 0 Å². The highest BCUT2D eigenvalue weighted by Crippen LogP contribution is 2.13. The van der Waals surface area contributed by atoms with E-state index in [0.717, 1.165) is 12.0 Å². The number of methoxy groups -OCH3 is 1. The lowest BCUT2D eigenvalue weighted by Gasteiger charge is -2.14. The number of hydrogen-bond acceptors (Lipinski definition) is 4. The number of aromatic nitrogens is 1. The summed E-state index contributed by atoms with van der Waals surface area (Å²) >= 11 is 0. The Morgan fingerprint density at radius 1 is 1.60 bits per heavy atom. The molecule has 1 atom stereocenters. The van der Waals surface area contributed by atoms with E-state index < -0.39 is 0 Å². The van der Waals surface area contributed by atoms with Crippen molar-refractivity contribution in [3.63, 3.8) is 0 Å². The zero-order valence-electron chi connectivity index (χ0n) is 9.23. The zero-order valence-corrected chi connectivity index (χ0v) is 9.23. The van der Waals surface area contributed by atoms with Crippen LogP contribution in [0.5, 0.6) is 5.88 Å². The summed E-state index contributed by atoms with van der Waals surface area (Å²) in [5.74, 6) is 0.637. The number of nitrogens with zero attached hydrogens (tertiary/aromatic N) is 1. The number of hydrogen-bond donors (Lipinski definition) is 2. The summed E-state index contributed by atoms with van der Waals surface area (Å²) in [5, 5.41) is 12.3. The van der Waals surface area contributed by atoms with Gasteiger partial charge in [-0.1, -0.05) is 13.0 Å². The van der Waals surface area contributed by atoms with E-state index in [-0.39, 0.29) is 12.6 Å². The maximum Gasteiger partial charge on any atom is 0.217 e. The Hall–Kier alpha value is -1.13. The molecule has 0 saturated heterocycles. The monoisotopic (exact) mass is 210 g/mol. The van der Waals surface area contributed by atoms with Crippen molar-refractivity contribution in [1.82, 2.24) is 10.3 Å². The molecule has 0 aliphatic rings. The van der Waals surface area contributed by atoms with Gasteiger partial charge in [-0.05, 0) is 12.5 Å². The quantitative estimate of drug-likeness (QED) is 0.734. The van der Waals surface area contributed by atoms with Crippen molar-refractivity contribution in [3.05, 3.63) is 23.9 Å². The van der Waals surface area contributed by atoms with Crippen LogP contribution >= 0.6 is 0 Å². The molecule has 1 aromatic heterocycles. The van der Waals surface area contributed by atoms with Crippen molar-refractivity contribution < 1.29 is 9.84 Å². The van der Waals surface area contributed by atoms with Crippen molar-refractivity contribution >= 4 is 0 Å². The third-order valence-electron chi connectivity index (χ3n) is 2.34. The van der Waals surface area contributed by atoms with E-state index in [0.29, 0.717) is 12.4 Å². The second-order valence-electron chi connectivity index (χ2n) is 3.34. The van der Waals surface area contributed by atoms with Gasteiger partial charge in [0.25, 0.3) is 0 Å². The Morgan fingerprint density at radius 3 is 3.00 bits per heavy atom. The van der Waals surface area contributed by atoms with Crippen LogP contribution in [0.2, 0.25) is 0 Å². The fourth-order valence-corrected chi connectivity index (χ4v) is 1.33. The average molecular weight is 210 g/mol. The van der Waals surface area contributed by atoms with Gasteiger partial charge in [-0.3, -0.25) is 0 Å². The third-order valence-corrected chi connectivity index (χ3v) is 2.34. The molecule has 0 bridgehead atoms. The molecule has 4 heteroatoms. The minimum absolute atomic E-state index is 0.134. The standard InChI is InChI=1S/C11H18N2O2/c1-3-10(8-14)13-7-9-5-4-6-12-11(9)15-2/h4-6,10,13-14H,3,7-8H2,1-2H3. The van der Waals surface area contributed by atoms with Crippen LogP contribution in [0.1, 0.15) is 18.9 Å². The first-order chi connectivity index (χ1) is 7.31. The van der Waals surface area contributed by atoms with E-state index in [1.807, 2.05) is 19.1 Å². The number of ether oxygens (including phenoxy) is 1. The Balaban J connectivity index is 2.56. The summed E-state index contributed by atoms with van der Waals surface area (Å²) in [4.78, 5) is 4.10. The molecule has 4 nitrogen and oxygen atoms in total. The van der Waals surface area contributed by atoms with Gasteiger partial charge >= 0.3 is 0 Å². The second kappa shape index (κ2) is 6.37. The van der Waals surface area contributed by atoms with Gasteiger partial charge in [-0.15, -0.1) is 0 Å². The van der Waals surface area contributed by atoms with Gasteiger partial charge in [-0.25, -0.2) is 4.98 Å². The molecule has 0 spiro atoms. The van der Waals surface area contributed by atoms with Crippen LogP contribution in [-0.2, 0) is 6.54 Å². The van der Waals surface area contributed by atoms with Gasteiger partial charge in [0, 0.05) is 24.3 Å². The largest absolute Gasteiger partial charge is 0.481 e. The summed E-state index contributed by atoms with van der Waals surface area (Å²) in [6.45, 7) is 2.85. The molecule has 0 saturated carbocycles. The van der Waals surface area contributed by atoms with Crippen molar-refractivity contribution in [2.24, 2.45) is 0 Å². The fourth-order valence-electron chi connectivity index (χ4n) is 1.33. The van der Waals surface area contributed by atoms with Crippen LogP contribution < -0.4 is 10.1 Å². The highest BCUT2D eigenvalue weighted by molar-refractivity contribution is 5.25. The van der Waals surface area contributed by atoms with Crippen LogP contribution in [0.4, 0.5) is 0 Å². The van der Waals surface area contributed by atoms with Crippen LogP contribution in [0.25, 0.3) is 0 Å². The molecule has 1 unspecified atom stereocenters. The Kier molecular flexibility index (Phi) is 5.07. The minimum atomic E-state index is 0.134. The average Bonchev–Trinajstić information content (AvgIpc) is 2.31. The number of aliphatic hydroxyl groups excluding tert-OH is 1. The maximum atomic E-state index is 9.02. The van der Waals surface area contributed by atoms with Crippen molar-refractivity contribution in [3.8, 4) is 5.88 Å². The number of pyridine rings is 1. The molecule has 0 radical (unpaired) electrons. The molecule has 0 aliphatic carbocycles. The molecule has 2 N–H and O–H groups in total. The van der Waals surface area contributed by atoms with Gasteiger partial charge in [0.05, 0.1) is 13.7 Å². The Bertz CT molecular complexity index is 288. The van der Waals surface area contributed by atoms with E-state index in [2.05, 4.69) is 10.3 Å². The Morgan fingerprint density at radius 2 is 2.40 bits per heavy atom.